The van der Waals surface area contributed by atoms with Gasteiger partial charge in [-0.2, -0.15) is 0 Å². The summed E-state index contributed by atoms with van der Waals surface area (Å²) in [6.07, 6.45) is 2.50. The third kappa shape index (κ3) is 3.17. The lowest BCUT2D eigenvalue weighted by atomic mass is 10.0. The number of hydrogen-bond acceptors (Lipinski definition) is 5. The van der Waals surface area contributed by atoms with Gasteiger partial charge in [0.1, 0.15) is 0 Å². The quantitative estimate of drug-likeness (QED) is 0.845. The molecule has 3 rings (SSSR count). The number of benzene rings is 1. The molecule has 1 aromatic heterocycles. The standard InChI is InChI=1S/C15H20N4O/c1-10(2)12-5-3-4-6-13(12)17-15-19-18-14(20-15)9-16-11-7-8-11/h3-6,10-11,16H,7-9H2,1-2H3,(H,17,19). The molecule has 1 aromatic carbocycles. The zero-order valence-corrected chi connectivity index (χ0v) is 11.9. The Balaban J connectivity index is 1.67. The highest BCUT2D eigenvalue weighted by molar-refractivity contribution is 5.58. The first-order chi connectivity index (χ1) is 9.72. The van der Waals surface area contributed by atoms with E-state index in [0.29, 0.717) is 30.4 Å². The Kier molecular flexibility index (Phi) is 3.69. The van der Waals surface area contributed by atoms with Crippen LogP contribution in [0.15, 0.2) is 28.7 Å². The van der Waals surface area contributed by atoms with Crippen molar-refractivity contribution < 1.29 is 4.42 Å². The predicted molar refractivity (Wildman–Crippen MR) is 78.0 cm³/mol. The van der Waals surface area contributed by atoms with Crippen molar-refractivity contribution in [2.75, 3.05) is 5.32 Å². The van der Waals surface area contributed by atoms with Gasteiger partial charge in [0.05, 0.1) is 6.54 Å². The minimum atomic E-state index is 0.442. The number of nitrogens with one attached hydrogen (secondary N) is 2. The van der Waals surface area contributed by atoms with E-state index in [1.807, 2.05) is 18.2 Å². The van der Waals surface area contributed by atoms with Crippen molar-refractivity contribution in [2.24, 2.45) is 0 Å². The van der Waals surface area contributed by atoms with Gasteiger partial charge in [-0.05, 0) is 30.4 Å². The summed E-state index contributed by atoms with van der Waals surface area (Å²) in [5.74, 6) is 1.07. The van der Waals surface area contributed by atoms with Crippen LogP contribution in [0.5, 0.6) is 0 Å². The minimum Gasteiger partial charge on any atom is -0.406 e. The smallest absolute Gasteiger partial charge is 0.320 e. The summed E-state index contributed by atoms with van der Waals surface area (Å²) >= 11 is 0. The summed E-state index contributed by atoms with van der Waals surface area (Å²) in [5.41, 5.74) is 2.26. The molecule has 1 heterocycles. The lowest BCUT2D eigenvalue weighted by molar-refractivity contribution is 0.478. The molecule has 0 unspecified atom stereocenters. The second kappa shape index (κ2) is 5.63. The molecule has 5 heteroatoms. The molecule has 106 valence electrons. The van der Waals surface area contributed by atoms with Gasteiger partial charge in [-0.15, -0.1) is 5.10 Å². The molecule has 1 saturated carbocycles. The zero-order valence-electron chi connectivity index (χ0n) is 11.9. The van der Waals surface area contributed by atoms with Crippen LogP contribution in [0.4, 0.5) is 11.7 Å². The number of anilines is 2. The molecule has 0 saturated heterocycles. The monoisotopic (exact) mass is 272 g/mol. The van der Waals surface area contributed by atoms with Crippen LogP contribution in [0.3, 0.4) is 0 Å². The maximum atomic E-state index is 5.60. The van der Waals surface area contributed by atoms with Crippen molar-refractivity contribution in [3.8, 4) is 0 Å². The van der Waals surface area contributed by atoms with E-state index in [2.05, 4.69) is 40.7 Å². The third-order valence-corrected chi connectivity index (χ3v) is 3.41. The molecule has 2 N–H and O–H groups in total. The normalized spacial score (nSPS) is 14.8. The highest BCUT2D eigenvalue weighted by Gasteiger charge is 2.21. The van der Waals surface area contributed by atoms with E-state index in [4.69, 9.17) is 4.42 Å². The van der Waals surface area contributed by atoms with Crippen LogP contribution in [-0.2, 0) is 6.54 Å². The molecule has 0 amide bonds. The maximum Gasteiger partial charge on any atom is 0.320 e. The number of hydrogen-bond donors (Lipinski definition) is 2. The molecule has 20 heavy (non-hydrogen) atoms. The van der Waals surface area contributed by atoms with E-state index in [1.165, 1.54) is 18.4 Å². The Bertz CT molecular complexity index is 575. The van der Waals surface area contributed by atoms with Gasteiger partial charge in [0.15, 0.2) is 0 Å². The van der Waals surface area contributed by atoms with Gasteiger partial charge < -0.3 is 15.1 Å². The summed E-state index contributed by atoms with van der Waals surface area (Å²) in [4.78, 5) is 0. The molecule has 0 spiro atoms. The Morgan fingerprint density at radius 3 is 2.80 bits per heavy atom. The van der Waals surface area contributed by atoms with Gasteiger partial charge in [0, 0.05) is 11.7 Å². The molecular formula is C15H20N4O. The first kappa shape index (κ1) is 13.1. The Morgan fingerprint density at radius 1 is 1.25 bits per heavy atom. The van der Waals surface area contributed by atoms with E-state index in [-0.39, 0.29) is 0 Å². The highest BCUT2D eigenvalue weighted by Crippen LogP contribution is 2.26. The van der Waals surface area contributed by atoms with Gasteiger partial charge in [0.2, 0.25) is 5.89 Å². The Labute approximate surface area is 118 Å². The second-order valence-corrected chi connectivity index (χ2v) is 5.52. The maximum absolute atomic E-state index is 5.60. The minimum absolute atomic E-state index is 0.442. The van der Waals surface area contributed by atoms with Crippen molar-refractivity contribution in [2.45, 2.75) is 45.2 Å². The topological polar surface area (TPSA) is 63.0 Å². The van der Waals surface area contributed by atoms with Gasteiger partial charge >= 0.3 is 6.01 Å². The molecule has 1 aliphatic carbocycles. The van der Waals surface area contributed by atoms with Gasteiger partial charge in [-0.3, -0.25) is 0 Å². The Morgan fingerprint density at radius 2 is 2.05 bits per heavy atom. The SMILES string of the molecule is CC(C)c1ccccc1Nc1nnc(CNC2CC2)o1. The summed E-state index contributed by atoms with van der Waals surface area (Å²) in [6, 6.07) is 9.27. The van der Waals surface area contributed by atoms with Crippen molar-refractivity contribution in [1.29, 1.82) is 0 Å². The Hall–Kier alpha value is -1.88. The fraction of sp³-hybridized carbons (Fsp3) is 0.467. The molecule has 5 nitrogen and oxygen atoms in total. The number of rotatable bonds is 6. The average molecular weight is 272 g/mol. The lowest BCUT2D eigenvalue weighted by Gasteiger charge is -2.11. The van der Waals surface area contributed by atoms with E-state index in [0.717, 1.165) is 5.69 Å². The van der Waals surface area contributed by atoms with Crippen LogP contribution in [0.2, 0.25) is 0 Å². The molecule has 2 aromatic rings. The van der Waals surface area contributed by atoms with Crippen LogP contribution in [-0.4, -0.2) is 16.2 Å². The zero-order chi connectivity index (χ0) is 13.9. The third-order valence-electron chi connectivity index (χ3n) is 3.41. The van der Waals surface area contributed by atoms with Crippen molar-refractivity contribution in [1.82, 2.24) is 15.5 Å². The fourth-order valence-electron chi connectivity index (χ4n) is 2.12. The summed E-state index contributed by atoms with van der Waals surface area (Å²) < 4.78 is 5.60. The first-order valence-corrected chi connectivity index (χ1v) is 7.14. The van der Waals surface area contributed by atoms with Crippen LogP contribution in [0, 0.1) is 0 Å². The van der Waals surface area contributed by atoms with Gasteiger partial charge in [0.25, 0.3) is 0 Å². The van der Waals surface area contributed by atoms with Crippen molar-refractivity contribution in [3.63, 3.8) is 0 Å². The van der Waals surface area contributed by atoms with E-state index in [9.17, 15) is 0 Å². The van der Waals surface area contributed by atoms with Crippen molar-refractivity contribution in [3.05, 3.63) is 35.7 Å². The van der Waals surface area contributed by atoms with E-state index < -0.39 is 0 Å². The lowest BCUT2D eigenvalue weighted by Crippen LogP contribution is -2.15. The predicted octanol–water partition coefficient (Wildman–Crippen LogP) is 3.19. The summed E-state index contributed by atoms with van der Waals surface area (Å²) in [7, 11) is 0. The van der Waals surface area contributed by atoms with E-state index >= 15 is 0 Å². The van der Waals surface area contributed by atoms with E-state index in [1.54, 1.807) is 0 Å². The van der Waals surface area contributed by atoms with Crippen LogP contribution in [0.25, 0.3) is 0 Å². The van der Waals surface area contributed by atoms with Crippen LogP contribution in [0.1, 0.15) is 44.1 Å². The molecule has 1 aliphatic rings. The highest BCUT2D eigenvalue weighted by atomic mass is 16.4. The number of nitrogens with zero attached hydrogens (tertiary/aromatic N) is 2. The molecule has 0 bridgehead atoms. The van der Waals surface area contributed by atoms with Gasteiger partial charge in [-0.25, -0.2) is 0 Å². The first-order valence-electron chi connectivity index (χ1n) is 7.14. The fourth-order valence-corrected chi connectivity index (χ4v) is 2.12. The van der Waals surface area contributed by atoms with Crippen LogP contribution < -0.4 is 10.6 Å². The average Bonchev–Trinajstić information content (AvgIpc) is 3.17. The largest absolute Gasteiger partial charge is 0.406 e. The second-order valence-electron chi connectivity index (χ2n) is 5.52. The van der Waals surface area contributed by atoms with Crippen molar-refractivity contribution >= 4 is 11.7 Å². The number of aromatic nitrogens is 2. The summed E-state index contributed by atoms with van der Waals surface area (Å²) in [6.45, 7) is 4.98. The summed E-state index contributed by atoms with van der Waals surface area (Å²) in [5, 5.41) is 14.7. The molecule has 1 fully saturated rings. The van der Waals surface area contributed by atoms with Gasteiger partial charge in [-0.1, -0.05) is 37.1 Å². The molecule has 0 atom stereocenters. The van der Waals surface area contributed by atoms with Crippen LogP contribution >= 0.6 is 0 Å². The molecular weight excluding hydrogens is 252 g/mol. The molecule has 0 radical (unpaired) electrons. The molecule has 0 aliphatic heterocycles. The number of para-hydroxylation sites is 1.